The topological polar surface area (TPSA) is 85.4 Å². The fourth-order valence-corrected chi connectivity index (χ4v) is 1.87. The van der Waals surface area contributed by atoms with Gasteiger partial charge in [0.1, 0.15) is 11.5 Å². The van der Waals surface area contributed by atoms with Crippen LogP contribution in [0.3, 0.4) is 0 Å². The summed E-state index contributed by atoms with van der Waals surface area (Å²) in [4.78, 5) is 15.3. The summed E-state index contributed by atoms with van der Waals surface area (Å²) in [7, 11) is 0. The Morgan fingerprint density at radius 2 is 2.10 bits per heavy atom. The highest BCUT2D eigenvalue weighted by atomic mass is 16.5. The number of aromatic nitrogens is 1. The average Bonchev–Trinajstić information content (AvgIpc) is 2.40. The van der Waals surface area contributed by atoms with Crippen LogP contribution in [0.15, 0.2) is 30.3 Å². The SMILES string of the molecule is CCc1nc(C)ccc1Oc1ccc(C(=O)O)c(N)c1. The molecule has 5 heteroatoms. The Balaban J connectivity index is 2.31. The van der Waals surface area contributed by atoms with Crippen LogP contribution in [0.2, 0.25) is 0 Å². The Labute approximate surface area is 117 Å². The Bertz CT molecular complexity index is 654. The summed E-state index contributed by atoms with van der Waals surface area (Å²) in [6.07, 6.45) is 0.750. The molecule has 104 valence electrons. The molecule has 2 rings (SSSR count). The normalized spacial score (nSPS) is 10.3. The van der Waals surface area contributed by atoms with Gasteiger partial charge in [-0.1, -0.05) is 6.92 Å². The summed E-state index contributed by atoms with van der Waals surface area (Å²) in [6.45, 7) is 3.92. The summed E-state index contributed by atoms with van der Waals surface area (Å²) < 4.78 is 5.74. The van der Waals surface area contributed by atoms with E-state index in [1.165, 1.54) is 12.1 Å². The first-order valence-electron chi connectivity index (χ1n) is 6.28. The molecule has 0 fully saturated rings. The lowest BCUT2D eigenvalue weighted by Crippen LogP contribution is -2.02. The Kier molecular flexibility index (Phi) is 3.89. The Morgan fingerprint density at radius 1 is 1.35 bits per heavy atom. The van der Waals surface area contributed by atoms with Gasteiger partial charge in [-0.2, -0.15) is 0 Å². The van der Waals surface area contributed by atoms with E-state index in [4.69, 9.17) is 15.6 Å². The first kappa shape index (κ1) is 13.9. The van der Waals surface area contributed by atoms with Crippen LogP contribution in [0.1, 0.15) is 28.7 Å². The van der Waals surface area contributed by atoms with Gasteiger partial charge in [0.15, 0.2) is 0 Å². The first-order chi connectivity index (χ1) is 9.51. The molecule has 0 saturated carbocycles. The van der Waals surface area contributed by atoms with Gasteiger partial charge in [-0.15, -0.1) is 0 Å². The number of carboxylic acids is 1. The number of pyridine rings is 1. The van der Waals surface area contributed by atoms with Gasteiger partial charge in [-0.05, 0) is 37.6 Å². The third-order valence-electron chi connectivity index (χ3n) is 2.89. The van der Waals surface area contributed by atoms with Crippen molar-refractivity contribution in [3.63, 3.8) is 0 Å². The molecule has 5 nitrogen and oxygen atoms in total. The molecule has 0 aliphatic heterocycles. The van der Waals surface area contributed by atoms with Crippen LogP contribution in [-0.2, 0) is 6.42 Å². The number of nitrogens with zero attached hydrogens (tertiary/aromatic N) is 1. The van der Waals surface area contributed by atoms with E-state index in [0.717, 1.165) is 17.8 Å². The number of anilines is 1. The summed E-state index contributed by atoms with van der Waals surface area (Å²) in [5, 5.41) is 8.93. The molecule has 0 unspecified atom stereocenters. The molecule has 3 N–H and O–H groups in total. The number of ether oxygens (including phenoxy) is 1. The van der Waals surface area contributed by atoms with E-state index in [0.29, 0.717) is 11.5 Å². The lowest BCUT2D eigenvalue weighted by molar-refractivity contribution is 0.0698. The fourth-order valence-electron chi connectivity index (χ4n) is 1.87. The highest BCUT2D eigenvalue weighted by molar-refractivity contribution is 5.93. The van der Waals surface area contributed by atoms with Crippen molar-refractivity contribution in [1.29, 1.82) is 0 Å². The maximum atomic E-state index is 10.9. The highest BCUT2D eigenvalue weighted by Crippen LogP contribution is 2.27. The van der Waals surface area contributed by atoms with Crippen molar-refractivity contribution in [2.24, 2.45) is 0 Å². The van der Waals surface area contributed by atoms with E-state index in [-0.39, 0.29) is 11.3 Å². The second-order valence-electron chi connectivity index (χ2n) is 4.41. The number of nitrogen functional groups attached to an aromatic ring is 1. The van der Waals surface area contributed by atoms with Crippen molar-refractivity contribution in [1.82, 2.24) is 4.98 Å². The van der Waals surface area contributed by atoms with Crippen LogP contribution in [0, 0.1) is 6.92 Å². The maximum Gasteiger partial charge on any atom is 0.337 e. The fraction of sp³-hybridized carbons (Fsp3) is 0.200. The van der Waals surface area contributed by atoms with E-state index in [1.807, 2.05) is 26.0 Å². The van der Waals surface area contributed by atoms with E-state index >= 15 is 0 Å². The molecule has 20 heavy (non-hydrogen) atoms. The largest absolute Gasteiger partial charge is 0.478 e. The summed E-state index contributed by atoms with van der Waals surface area (Å²) in [6, 6.07) is 8.23. The molecule has 2 aromatic rings. The molecule has 0 bridgehead atoms. The van der Waals surface area contributed by atoms with Crippen LogP contribution >= 0.6 is 0 Å². The zero-order valence-corrected chi connectivity index (χ0v) is 11.4. The lowest BCUT2D eigenvalue weighted by Gasteiger charge is -2.11. The number of aromatic carboxylic acids is 1. The number of carbonyl (C=O) groups is 1. The molecule has 1 aromatic heterocycles. The van der Waals surface area contributed by atoms with Crippen molar-refractivity contribution >= 4 is 11.7 Å². The molecule has 0 aliphatic rings. The predicted molar refractivity (Wildman–Crippen MR) is 76.2 cm³/mol. The van der Waals surface area contributed by atoms with Gasteiger partial charge < -0.3 is 15.6 Å². The number of hydrogen-bond donors (Lipinski definition) is 2. The molecule has 0 spiro atoms. The molecule has 0 amide bonds. The number of aryl methyl sites for hydroxylation is 2. The zero-order valence-electron chi connectivity index (χ0n) is 11.4. The monoisotopic (exact) mass is 272 g/mol. The van der Waals surface area contributed by atoms with Gasteiger partial charge in [0.25, 0.3) is 0 Å². The van der Waals surface area contributed by atoms with Gasteiger partial charge >= 0.3 is 5.97 Å². The Hall–Kier alpha value is -2.56. The van der Waals surface area contributed by atoms with E-state index < -0.39 is 5.97 Å². The minimum atomic E-state index is -1.06. The van der Waals surface area contributed by atoms with Crippen molar-refractivity contribution in [3.8, 4) is 11.5 Å². The third-order valence-corrected chi connectivity index (χ3v) is 2.89. The predicted octanol–water partition coefficient (Wildman–Crippen LogP) is 3.03. The van der Waals surface area contributed by atoms with Crippen LogP contribution in [0.4, 0.5) is 5.69 Å². The maximum absolute atomic E-state index is 10.9. The highest BCUT2D eigenvalue weighted by Gasteiger charge is 2.10. The minimum Gasteiger partial charge on any atom is -0.478 e. The van der Waals surface area contributed by atoms with Gasteiger partial charge in [0.05, 0.1) is 11.3 Å². The van der Waals surface area contributed by atoms with Gasteiger partial charge in [-0.25, -0.2) is 4.79 Å². The van der Waals surface area contributed by atoms with E-state index in [1.54, 1.807) is 6.07 Å². The number of rotatable bonds is 4. The standard InChI is InChI=1S/C15H16N2O3/c1-3-13-14(7-4-9(2)17-13)20-10-5-6-11(15(18)19)12(16)8-10/h4-8H,3,16H2,1-2H3,(H,18,19). The van der Waals surface area contributed by atoms with Gasteiger partial charge in [0, 0.05) is 17.4 Å². The van der Waals surface area contributed by atoms with E-state index in [9.17, 15) is 4.79 Å². The average molecular weight is 272 g/mol. The summed E-state index contributed by atoms with van der Waals surface area (Å²) >= 11 is 0. The second-order valence-corrected chi connectivity index (χ2v) is 4.41. The van der Waals surface area contributed by atoms with Crippen LogP contribution in [0.5, 0.6) is 11.5 Å². The quantitative estimate of drug-likeness (QED) is 0.835. The van der Waals surface area contributed by atoms with Gasteiger partial charge in [-0.3, -0.25) is 4.98 Å². The van der Waals surface area contributed by atoms with Crippen molar-refractivity contribution in [2.75, 3.05) is 5.73 Å². The first-order valence-corrected chi connectivity index (χ1v) is 6.28. The van der Waals surface area contributed by atoms with E-state index in [2.05, 4.69) is 4.98 Å². The zero-order chi connectivity index (χ0) is 14.7. The number of hydrogen-bond acceptors (Lipinski definition) is 4. The molecule has 0 atom stereocenters. The smallest absolute Gasteiger partial charge is 0.337 e. The van der Waals surface area contributed by atoms with Crippen LogP contribution < -0.4 is 10.5 Å². The summed E-state index contributed by atoms with van der Waals surface area (Å²) in [5.41, 5.74) is 7.71. The van der Waals surface area contributed by atoms with Crippen molar-refractivity contribution in [3.05, 3.63) is 47.3 Å². The molecule has 1 aromatic carbocycles. The molecule has 0 saturated heterocycles. The molecule has 0 radical (unpaired) electrons. The molecular weight excluding hydrogens is 256 g/mol. The molecule has 1 heterocycles. The van der Waals surface area contributed by atoms with Gasteiger partial charge in [0.2, 0.25) is 0 Å². The summed E-state index contributed by atoms with van der Waals surface area (Å²) in [5.74, 6) is 0.0914. The molecular formula is C15H16N2O3. The van der Waals surface area contributed by atoms with Crippen molar-refractivity contribution < 1.29 is 14.6 Å². The van der Waals surface area contributed by atoms with Crippen LogP contribution in [0.25, 0.3) is 0 Å². The third kappa shape index (κ3) is 2.88. The number of benzene rings is 1. The van der Waals surface area contributed by atoms with Crippen LogP contribution in [-0.4, -0.2) is 16.1 Å². The minimum absolute atomic E-state index is 0.0649. The van der Waals surface area contributed by atoms with Crippen molar-refractivity contribution in [2.45, 2.75) is 20.3 Å². The number of carboxylic acid groups (broad SMARTS) is 1. The lowest BCUT2D eigenvalue weighted by atomic mass is 10.2. The number of nitrogens with two attached hydrogens (primary N) is 1. The molecule has 0 aliphatic carbocycles. The Morgan fingerprint density at radius 3 is 2.70 bits per heavy atom. The second kappa shape index (κ2) is 5.61.